The number of anilines is 3. The van der Waals surface area contributed by atoms with Gasteiger partial charge in [0.25, 0.3) is 11.8 Å². The molecule has 1 aliphatic heterocycles. The third kappa shape index (κ3) is 7.52. The number of ether oxygens (including phenoxy) is 1. The Kier molecular flexibility index (Phi) is 9.43. The van der Waals surface area contributed by atoms with Crippen LogP contribution in [0.25, 0.3) is 11.3 Å². The molecule has 0 spiro atoms. The maximum atomic E-state index is 15.2. The van der Waals surface area contributed by atoms with Gasteiger partial charge in [0.05, 0.1) is 47.7 Å². The Morgan fingerprint density at radius 1 is 1.02 bits per heavy atom. The molecule has 1 saturated carbocycles. The second kappa shape index (κ2) is 13.1. The lowest BCUT2D eigenvalue weighted by Crippen LogP contribution is -2.51. The zero-order valence-corrected chi connectivity index (χ0v) is 26.1. The number of hydrogen-bond donors (Lipinski definition) is 3. The van der Waals surface area contributed by atoms with Gasteiger partial charge in [0, 0.05) is 62.9 Å². The SMILES string of the molecule is [B]C([B])([B])NC(=O)c1nnc(NC(=O)C2CC2)cc1Nc1cc(F)cc(-c2cc(C(=O)N3CCN(C(C)C)CC3)n(C)n2)c1OC. The summed E-state index contributed by atoms with van der Waals surface area (Å²) in [6.45, 7) is 6.93. The number of benzene rings is 1. The zero-order chi connectivity index (χ0) is 33.3. The molecular weight excluding hydrogens is 590 g/mol. The topological polar surface area (TPSA) is 147 Å². The molecule has 1 saturated heterocycles. The van der Waals surface area contributed by atoms with E-state index in [1.165, 1.54) is 23.9 Å². The maximum Gasteiger partial charge on any atom is 0.272 e. The molecule has 0 atom stereocenters. The highest BCUT2D eigenvalue weighted by Gasteiger charge is 2.31. The van der Waals surface area contributed by atoms with Crippen LogP contribution in [0.1, 0.15) is 47.7 Å². The van der Waals surface area contributed by atoms with E-state index in [0.717, 1.165) is 32.0 Å². The molecule has 2 aromatic heterocycles. The van der Waals surface area contributed by atoms with Crippen molar-refractivity contribution < 1.29 is 23.5 Å². The summed E-state index contributed by atoms with van der Waals surface area (Å²) in [5.74, 6) is -1.90. The second-order valence-electron chi connectivity index (χ2n) is 11.8. The zero-order valence-electron chi connectivity index (χ0n) is 26.1. The molecule has 0 bridgehead atoms. The smallest absolute Gasteiger partial charge is 0.272 e. The minimum Gasteiger partial charge on any atom is -0.494 e. The molecule has 46 heavy (non-hydrogen) atoms. The van der Waals surface area contributed by atoms with Gasteiger partial charge in [0.15, 0.2) is 17.3 Å². The molecule has 3 amide bonds. The highest BCUT2D eigenvalue weighted by molar-refractivity contribution is 6.60. The second-order valence-corrected chi connectivity index (χ2v) is 11.8. The van der Waals surface area contributed by atoms with Gasteiger partial charge in [-0.25, -0.2) is 4.39 Å². The van der Waals surface area contributed by atoms with Crippen LogP contribution >= 0.6 is 0 Å². The number of carbonyl (C=O) groups excluding carboxylic acids is 3. The van der Waals surface area contributed by atoms with E-state index in [4.69, 9.17) is 28.3 Å². The van der Waals surface area contributed by atoms with E-state index in [-0.39, 0.29) is 57.6 Å². The van der Waals surface area contributed by atoms with Gasteiger partial charge in [-0.15, -0.1) is 10.2 Å². The van der Waals surface area contributed by atoms with Crippen molar-refractivity contribution in [2.24, 2.45) is 13.0 Å². The molecule has 2 aliphatic rings. The number of methoxy groups -OCH3 is 1. The van der Waals surface area contributed by atoms with Crippen LogP contribution in [0.2, 0.25) is 0 Å². The van der Waals surface area contributed by atoms with Crippen molar-refractivity contribution in [1.29, 1.82) is 0 Å². The Bertz CT molecular complexity index is 1650. The van der Waals surface area contributed by atoms with Crippen molar-refractivity contribution in [1.82, 2.24) is 35.1 Å². The molecule has 6 radical (unpaired) electrons. The van der Waals surface area contributed by atoms with Crippen molar-refractivity contribution >= 4 is 58.5 Å². The molecule has 1 aliphatic carbocycles. The lowest BCUT2D eigenvalue weighted by Gasteiger charge is -2.36. The van der Waals surface area contributed by atoms with Crippen LogP contribution in [0.5, 0.6) is 5.75 Å². The van der Waals surface area contributed by atoms with Crippen molar-refractivity contribution in [3.63, 3.8) is 0 Å². The number of piperazine rings is 1. The average Bonchev–Trinajstić information content (AvgIpc) is 3.77. The van der Waals surface area contributed by atoms with Crippen molar-refractivity contribution in [3.05, 3.63) is 41.5 Å². The standard InChI is InChI=1S/C29H33B3FN9O4/c1-15(2)41-7-9-42(10-8-41)28(45)22-13-19(39-40(22)3)18-11-17(33)12-21(25(18)46-4)34-20-14-23(35-26(43)16-5-6-16)37-38-24(20)27(44)36-29(30,31)32/h11-16H,5-10H2,1-4H3,(H,36,44)(H2,34,35,37,43). The first-order valence-corrected chi connectivity index (χ1v) is 14.8. The Balaban J connectivity index is 1.48. The van der Waals surface area contributed by atoms with Crippen LogP contribution in [0.4, 0.5) is 21.6 Å². The lowest BCUT2D eigenvalue weighted by molar-refractivity contribution is -0.117. The quantitative estimate of drug-likeness (QED) is 0.283. The highest BCUT2D eigenvalue weighted by Crippen LogP contribution is 2.39. The third-order valence-corrected chi connectivity index (χ3v) is 7.77. The molecule has 3 heterocycles. The number of nitrogens with one attached hydrogen (secondary N) is 3. The number of hydrogen-bond acceptors (Lipinski definition) is 9. The third-order valence-electron chi connectivity index (χ3n) is 7.77. The number of aromatic nitrogens is 4. The fraction of sp³-hybridized carbons (Fsp3) is 0.448. The molecule has 2 fully saturated rings. The first-order valence-electron chi connectivity index (χ1n) is 14.8. The summed E-state index contributed by atoms with van der Waals surface area (Å²) in [6, 6.07) is 5.71. The monoisotopic (exact) mass is 623 g/mol. The van der Waals surface area contributed by atoms with Crippen LogP contribution in [-0.2, 0) is 11.8 Å². The van der Waals surface area contributed by atoms with E-state index in [9.17, 15) is 14.4 Å². The lowest BCUT2D eigenvalue weighted by atomic mass is 9.49. The Labute approximate surface area is 270 Å². The Morgan fingerprint density at radius 2 is 1.72 bits per heavy atom. The van der Waals surface area contributed by atoms with Gasteiger partial charge in [-0.2, -0.15) is 5.10 Å². The normalized spacial score (nSPS) is 15.5. The van der Waals surface area contributed by atoms with Crippen LogP contribution in [-0.4, -0.2) is 116 Å². The van der Waals surface area contributed by atoms with E-state index in [0.29, 0.717) is 24.8 Å². The number of rotatable bonds is 10. The summed E-state index contributed by atoms with van der Waals surface area (Å²) in [6.07, 6.45) is 1.52. The minimum absolute atomic E-state index is 0.00937. The van der Waals surface area contributed by atoms with Gasteiger partial charge in [0.1, 0.15) is 11.5 Å². The van der Waals surface area contributed by atoms with Crippen molar-refractivity contribution in [3.8, 4) is 17.0 Å². The molecular formula is C29H33B3FN9O4. The van der Waals surface area contributed by atoms with Gasteiger partial charge in [0.2, 0.25) is 5.91 Å². The summed E-state index contributed by atoms with van der Waals surface area (Å²) >= 11 is 0. The van der Waals surface area contributed by atoms with Crippen molar-refractivity contribution in [2.75, 3.05) is 43.9 Å². The van der Waals surface area contributed by atoms with Crippen LogP contribution in [0.3, 0.4) is 0 Å². The van der Waals surface area contributed by atoms with Crippen LogP contribution in [0.15, 0.2) is 24.3 Å². The average molecular weight is 623 g/mol. The summed E-state index contributed by atoms with van der Waals surface area (Å²) in [5, 5.41) is 18.1. The number of aryl methyl sites for hydroxylation is 1. The first-order chi connectivity index (χ1) is 21.7. The highest BCUT2D eigenvalue weighted by atomic mass is 19.1. The largest absolute Gasteiger partial charge is 0.494 e. The molecule has 0 unspecified atom stereocenters. The molecule has 13 nitrogen and oxygen atoms in total. The summed E-state index contributed by atoms with van der Waals surface area (Å²) in [4.78, 5) is 42.9. The van der Waals surface area contributed by atoms with Gasteiger partial charge in [-0.1, -0.05) is 5.24 Å². The van der Waals surface area contributed by atoms with E-state index < -0.39 is 17.0 Å². The first kappa shape index (κ1) is 33.0. The number of nitrogens with zero attached hydrogens (tertiary/aromatic N) is 6. The van der Waals surface area contributed by atoms with Gasteiger partial charge in [-0.3, -0.25) is 24.0 Å². The molecule has 5 rings (SSSR count). The Hall–Kier alpha value is -4.40. The van der Waals surface area contributed by atoms with Gasteiger partial charge in [-0.05, 0) is 38.8 Å². The molecule has 3 N–H and O–H groups in total. The van der Waals surface area contributed by atoms with Crippen LogP contribution in [0, 0.1) is 11.7 Å². The maximum absolute atomic E-state index is 15.2. The van der Waals surface area contributed by atoms with E-state index in [1.807, 2.05) is 0 Å². The molecule has 1 aromatic carbocycles. The summed E-state index contributed by atoms with van der Waals surface area (Å²) in [5.41, 5.74) is 0.650. The minimum atomic E-state index is -2.07. The molecule has 17 heteroatoms. The van der Waals surface area contributed by atoms with Gasteiger partial charge < -0.3 is 25.6 Å². The predicted octanol–water partition coefficient (Wildman–Crippen LogP) is 1.13. The van der Waals surface area contributed by atoms with Crippen LogP contribution < -0.4 is 20.7 Å². The number of halogens is 1. The fourth-order valence-corrected chi connectivity index (χ4v) is 5.19. The predicted molar refractivity (Wildman–Crippen MR) is 172 cm³/mol. The molecule has 3 aromatic rings. The van der Waals surface area contributed by atoms with Gasteiger partial charge >= 0.3 is 0 Å². The fourth-order valence-electron chi connectivity index (χ4n) is 5.19. The summed E-state index contributed by atoms with van der Waals surface area (Å²) in [7, 11) is 19.7. The van der Waals surface area contributed by atoms with E-state index >= 15 is 4.39 Å². The Morgan fingerprint density at radius 3 is 2.33 bits per heavy atom. The van der Waals surface area contributed by atoms with E-state index in [1.54, 1.807) is 18.0 Å². The van der Waals surface area contributed by atoms with Crippen molar-refractivity contribution in [2.45, 2.75) is 38.0 Å². The number of carbonyl (C=O) groups is 3. The van der Waals surface area contributed by atoms with E-state index in [2.05, 4.69) is 50.0 Å². The molecule has 234 valence electrons. The number of amides is 3. The summed E-state index contributed by atoms with van der Waals surface area (Å²) < 4.78 is 22.3.